The molecule has 1 atom stereocenters. The minimum atomic E-state index is -0.325. The summed E-state index contributed by atoms with van der Waals surface area (Å²) in [6.07, 6.45) is 7.39. The number of carbonyl (C=O) groups excluding carboxylic acids is 1. The molecular formula is C18H29N5O. The third kappa shape index (κ3) is 3.52. The van der Waals surface area contributed by atoms with E-state index in [4.69, 9.17) is 0 Å². The number of aromatic nitrogens is 4. The van der Waals surface area contributed by atoms with Crippen molar-refractivity contribution in [3.8, 4) is 0 Å². The molecule has 0 spiro atoms. The molecule has 0 radical (unpaired) electrons. The SMILES string of the molecule is CCC(CC)n1ncc(C)c1NC(=O)C(C)n1ccnc1C(C)C. The van der Waals surface area contributed by atoms with Crippen molar-refractivity contribution in [2.75, 3.05) is 5.32 Å². The predicted molar refractivity (Wildman–Crippen MR) is 96.2 cm³/mol. The number of imidazole rings is 1. The highest BCUT2D eigenvalue weighted by Crippen LogP contribution is 2.25. The molecule has 2 heterocycles. The Kier molecular flexibility index (Phi) is 5.80. The molecule has 2 rings (SSSR count). The minimum absolute atomic E-state index is 0.0503. The maximum Gasteiger partial charge on any atom is 0.248 e. The van der Waals surface area contributed by atoms with Gasteiger partial charge in [0.25, 0.3) is 0 Å². The first-order chi connectivity index (χ1) is 11.4. The second-order valence-electron chi connectivity index (χ2n) is 6.60. The zero-order valence-electron chi connectivity index (χ0n) is 15.6. The van der Waals surface area contributed by atoms with Crippen LogP contribution in [0.2, 0.25) is 0 Å². The Morgan fingerprint density at radius 2 is 1.92 bits per heavy atom. The smallest absolute Gasteiger partial charge is 0.248 e. The van der Waals surface area contributed by atoms with Crippen LogP contribution >= 0.6 is 0 Å². The summed E-state index contributed by atoms with van der Waals surface area (Å²) in [5.41, 5.74) is 0.983. The van der Waals surface area contributed by atoms with Gasteiger partial charge >= 0.3 is 0 Å². The highest BCUT2D eigenvalue weighted by Gasteiger charge is 2.22. The van der Waals surface area contributed by atoms with E-state index in [1.54, 1.807) is 6.20 Å². The van der Waals surface area contributed by atoms with Crippen LogP contribution in [0.3, 0.4) is 0 Å². The molecule has 1 amide bonds. The summed E-state index contributed by atoms with van der Waals surface area (Å²) < 4.78 is 3.88. The maximum absolute atomic E-state index is 12.8. The van der Waals surface area contributed by atoms with Gasteiger partial charge in [-0.15, -0.1) is 0 Å². The van der Waals surface area contributed by atoms with E-state index < -0.39 is 0 Å². The Hall–Kier alpha value is -2.11. The van der Waals surface area contributed by atoms with Crippen LogP contribution in [0.5, 0.6) is 0 Å². The summed E-state index contributed by atoms with van der Waals surface area (Å²) >= 11 is 0. The van der Waals surface area contributed by atoms with Crippen molar-refractivity contribution in [3.63, 3.8) is 0 Å². The second-order valence-corrected chi connectivity index (χ2v) is 6.60. The minimum Gasteiger partial charge on any atom is -0.323 e. The largest absolute Gasteiger partial charge is 0.323 e. The number of hydrogen-bond donors (Lipinski definition) is 1. The lowest BCUT2D eigenvalue weighted by molar-refractivity contribution is -0.118. The molecular weight excluding hydrogens is 302 g/mol. The monoisotopic (exact) mass is 331 g/mol. The van der Waals surface area contributed by atoms with Gasteiger partial charge in [0.1, 0.15) is 17.7 Å². The van der Waals surface area contributed by atoms with E-state index in [1.165, 1.54) is 0 Å². The zero-order valence-corrected chi connectivity index (χ0v) is 15.6. The molecule has 0 aromatic carbocycles. The normalized spacial score (nSPS) is 12.8. The van der Waals surface area contributed by atoms with E-state index in [-0.39, 0.29) is 17.9 Å². The first-order valence-corrected chi connectivity index (χ1v) is 8.78. The van der Waals surface area contributed by atoms with Crippen LogP contribution < -0.4 is 5.32 Å². The fraction of sp³-hybridized carbons (Fsp3) is 0.611. The van der Waals surface area contributed by atoms with E-state index in [9.17, 15) is 4.79 Å². The third-order valence-electron chi connectivity index (χ3n) is 4.52. The van der Waals surface area contributed by atoms with Crippen molar-refractivity contribution in [2.24, 2.45) is 0 Å². The van der Waals surface area contributed by atoms with Gasteiger partial charge < -0.3 is 9.88 Å². The summed E-state index contributed by atoms with van der Waals surface area (Å²) in [7, 11) is 0. The van der Waals surface area contributed by atoms with E-state index in [0.29, 0.717) is 6.04 Å². The number of rotatable bonds is 7. The molecule has 2 aromatic rings. The number of hydrogen-bond acceptors (Lipinski definition) is 3. The molecule has 0 aliphatic carbocycles. The van der Waals surface area contributed by atoms with Gasteiger partial charge in [-0.2, -0.15) is 5.10 Å². The van der Waals surface area contributed by atoms with Gasteiger partial charge in [-0.05, 0) is 26.7 Å². The molecule has 0 aliphatic heterocycles. The zero-order chi connectivity index (χ0) is 17.9. The van der Waals surface area contributed by atoms with Gasteiger partial charge in [-0.1, -0.05) is 27.7 Å². The van der Waals surface area contributed by atoms with Crippen molar-refractivity contribution in [3.05, 3.63) is 30.0 Å². The van der Waals surface area contributed by atoms with Crippen LogP contribution in [0.4, 0.5) is 5.82 Å². The van der Waals surface area contributed by atoms with Crippen LogP contribution in [0.25, 0.3) is 0 Å². The van der Waals surface area contributed by atoms with Crippen molar-refractivity contribution in [2.45, 2.75) is 72.4 Å². The molecule has 0 saturated carbocycles. The lowest BCUT2D eigenvalue weighted by Crippen LogP contribution is -2.27. The Morgan fingerprint density at radius 1 is 1.25 bits per heavy atom. The number of amides is 1. The topological polar surface area (TPSA) is 64.7 Å². The molecule has 0 bridgehead atoms. The molecule has 2 aromatic heterocycles. The van der Waals surface area contributed by atoms with Crippen LogP contribution in [0, 0.1) is 6.92 Å². The van der Waals surface area contributed by atoms with E-state index in [1.807, 2.05) is 35.5 Å². The van der Waals surface area contributed by atoms with E-state index in [0.717, 1.165) is 30.0 Å². The quantitative estimate of drug-likeness (QED) is 0.831. The highest BCUT2D eigenvalue weighted by molar-refractivity contribution is 5.93. The van der Waals surface area contributed by atoms with Crippen molar-refractivity contribution >= 4 is 11.7 Å². The lowest BCUT2D eigenvalue weighted by atomic mass is 10.1. The van der Waals surface area contributed by atoms with Gasteiger partial charge in [0.2, 0.25) is 5.91 Å². The molecule has 0 fully saturated rings. The molecule has 6 nitrogen and oxygen atoms in total. The predicted octanol–water partition coefficient (Wildman–Crippen LogP) is 4.07. The summed E-state index contributed by atoms with van der Waals surface area (Å²) in [6.45, 7) is 12.3. The summed E-state index contributed by atoms with van der Waals surface area (Å²) in [5.74, 6) is 1.94. The van der Waals surface area contributed by atoms with E-state index >= 15 is 0 Å². The molecule has 132 valence electrons. The second kappa shape index (κ2) is 7.64. The first kappa shape index (κ1) is 18.2. The summed E-state index contributed by atoms with van der Waals surface area (Å²) in [5, 5.41) is 7.54. The van der Waals surface area contributed by atoms with Crippen molar-refractivity contribution < 1.29 is 4.79 Å². The van der Waals surface area contributed by atoms with Gasteiger partial charge in [-0.25, -0.2) is 9.67 Å². The Labute approximate surface area is 144 Å². The summed E-state index contributed by atoms with van der Waals surface area (Å²) in [4.78, 5) is 17.2. The fourth-order valence-electron chi connectivity index (χ4n) is 2.96. The van der Waals surface area contributed by atoms with Crippen molar-refractivity contribution in [1.82, 2.24) is 19.3 Å². The highest BCUT2D eigenvalue weighted by atomic mass is 16.2. The standard InChI is InChI=1S/C18H29N5O/c1-7-15(8-2)23-17(13(5)11-20-23)21-18(24)14(6)22-10-9-19-16(22)12(3)4/h9-12,14-15H,7-8H2,1-6H3,(H,21,24). The van der Waals surface area contributed by atoms with Crippen LogP contribution in [0.1, 0.15) is 76.8 Å². The lowest BCUT2D eigenvalue weighted by Gasteiger charge is -2.21. The molecule has 0 aliphatic rings. The molecule has 6 heteroatoms. The van der Waals surface area contributed by atoms with Gasteiger partial charge in [0.15, 0.2) is 0 Å². The van der Waals surface area contributed by atoms with E-state index in [2.05, 4.69) is 43.1 Å². The van der Waals surface area contributed by atoms with Crippen LogP contribution in [-0.2, 0) is 4.79 Å². The maximum atomic E-state index is 12.8. The molecule has 24 heavy (non-hydrogen) atoms. The Balaban J connectivity index is 2.24. The number of nitrogens with one attached hydrogen (secondary N) is 1. The number of aryl methyl sites for hydroxylation is 1. The Morgan fingerprint density at radius 3 is 2.50 bits per heavy atom. The Bertz CT molecular complexity index is 681. The van der Waals surface area contributed by atoms with Crippen molar-refractivity contribution in [1.29, 1.82) is 0 Å². The number of nitrogens with zero attached hydrogens (tertiary/aromatic N) is 4. The van der Waals surface area contributed by atoms with Crippen LogP contribution in [-0.4, -0.2) is 25.2 Å². The molecule has 1 N–H and O–H groups in total. The molecule has 1 unspecified atom stereocenters. The first-order valence-electron chi connectivity index (χ1n) is 8.78. The summed E-state index contributed by atoms with van der Waals surface area (Å²) in [6, 6.07) is -0.0295. The average Bonchev–Trinajstić information content (AvgIpc) is 3.17. The van der Waals surface area contributed by atoms with Gasteiger partial charge in [0.05, 0.1) is 12.2 Å². The third-order valence-corrected chi connectivity index (χ3v) is 4.52. The average molecular weight is 331 g/mol. The molecule has 0 saturated heterocycles. The number of anilines is 1. The fourth-order valence-corrected chi connectivity index (χ4v) is 2.96. The van der Waals surface area contributed by atoms with Gasteiger partial charge in [-0.3, -0.25) is 4.79 Å². The van der Waals surface area contributed by atoms with Gasteiger partial charge in [0, 0.05) is 23.9 Å². The van der Waals surface area contributed by atoms with Crippen LogP contribution in [0.15, 0.2) is 18.6 Å². The number of carbonyl (C=O) groups is 1.